The van der Waals surface area contributed by atoms with Crippen LogP contribution in [0, 0.1) is 10.7 Å². The number of aromatic amines is 2. The van der Waals surface area contributed by atoms with Gasteiger partial charge in [-0.25, -0.2) is 0 Å². The van der Waals surface area contributed by atoms with Crippen LogP contribution >= 0.6 is 22.6 Å². The Kier molecular flexibility index (Phi) is 3.22. The average molecular weight is 485 g/mol. The molecule has 0 amide bonds. The molecule has 2 N–H and O–H groups in total. The molecule has 100 valence electrons. The zero-order valence-corrected chi connectivity index (χ0v) is 14.8. The summed E-state index contributed by atoms with van der Waals surface area (Å²) < 4.78 is 4.20. The van der Waals surface area contributed by atoms with Crippen LogP contribution in [0.5, 0.6) is 0 Å². The Morgan fingerprint density at radius 2 is 1.85 bits per heavy atom. The standard InChI is InChI=1S/C16H11I2N2/c17-11-2-4-15-13(7-11)14(9-20-15)18-12-3-1-10-5-6-19-16(10)8-12/h1-9,19-20H/q-1. The Bertz CT molecular complexity index is 905. The van der Waals surface area contributed by atoms with Gasteiger partial charge >= 0.3 is 141 Å². The van der Waals surface area contributed by atoms with E-state index in [1.807, 2.05) is 6.20 Å². The molecule has 0 saturated carbocycles. The van der Waals surface area contributed by atoms with Crippen LogP contribution < -0.4 is 21.2 Å². The zero-order valence-electron chi connectivity index (χ0n) is 10.5. The van der Waals surface area contributed by atoms with Crippen molar-refractivity contribution in [3.8, 4) is 0 Å². The Balaban J connectivity index is 1.77. The first kappa shape index (κ1) is 12.7. The van der Waals surface area contributed by atoms with Gasteiger partial charge in [-0.15, -0.1) is 0 Å². The molecule has 0 unspecified atom stereocenters. The molecule has 0 bridgehead atoms. The number of halogens is 2. The predicted octanol–water partition coefficient (Wildman–Crippen LogP) is 1.38. The van der Waals surface area contributed by atoms with Crippen molar-refractivity contribution in [2.75, 3.05) is 0 Å². The van der Waals surface area contributed by atoms with Gasteiger partial charge in [-0.2, -0.15) is 0 Å². The third kappa shape index (κ3) is 2.24. The molecule has 4 rings (SSSR count). The molecule has 4 heteroatoms. The van der Waals surface area contributed by atoms with E-state index in [4.69, 9.17) is 0 Å². The van der Waals surface area contributed by atoms with Crippen LogP contribution in [0.1, 0.15) is 0 Å². The van der Waals surface area contributed by atoms with E-state index in [9.17, 15) is 0 Å². The number of hydrogen-bond donors (Lipinski definition) is 2. The summed E-state index contributed by atoms with van der Waals surface area (Å²) in [6.07, 6.45) is 4.17. The zero-order chi connectivity index (χ0) is 13.5. The van der Waals surface area contributed by atoms with E-state index in [-0.39, 0.29) is 21.2 Å². The quantitative estimate of drug-likeness (QED) is 0.403. The number of nitrogens with one attached hydrogen (secondary N) is 2. The van der Waals surface area contributed by atoms with E-state index in [1.54, 1.807) is 0 Å². The number of rotatable bonds is 2. The third-order valence-corrected chi connectivity index (χ3v) is 6.76. The average Bonchev–Trinajstić information content (AvgIpc) is 3.05. The van der Waals surface area contributed by atoms with Gasteiger partial charge in [0.1, 0.15) is 0 Å². The van der Waals surface area contributed by atoms with Crippen molar-refractivity contribution in [2.45, 2.75) is 0 Å². The van der Waals surface area contributed by atoms with E-state index in [0.717, 1.165) is 0 Å². The van der Waals surface area contributed by atoms with Gasteiger partial charge in [0.25, 0.3) is 0 Å². The molecule has 2 aromatic heterocycles. The fourth-order valence-electron chi connectivity index (χ4n) is 2.33. The number of hydrogen-bond acceptors (Lipinski definition) is 0. The molecule has 2 nitrogen and oxygen atoms in total. The van der Waals surface area contributed by atoms with Crippen LogP contribution in [-0.2, 0) is 0 Å². The van der Waals surface area contributed by atoms with Gasteiger partial charge < -0.3 is 0 Å². The SMILES string of the molecule is Ic1ccc2[nH]cc([I-]c3ccc4cc[nH]c4c3)c2c1. The molecule has 0 saturated heterocycles. The summed E-state index contributed by atoms with van der Waals surface area (Å²) in [5.74, 6) is 0. The van der Waals surface area contributed by atoms with Crippen LogP contribution in [0.2, 0.25) is 0 Å². The molecular weight excluding hydrogens is 474 g/mol. The second kappa shape index (κ2) is 5.07. The molecular formula is C16H11I2N2-. The Labute approximate surface area is 140 Å². The number of benzene rings is 2. The van der Waals surface area contributed by atoms with Gasteiger partial charge in [0, 0.05) is 0 Å². The van der Waals surface area contributed by atoms with Crippen molar-refractivity contribution in [1.82, 2.24) is 9.97 Å². The summed E-state index contributed by atoms with van der Waals surface area (Å²) in [6, 6.07) is 15.5. The van der Waals surface area contributed by atoms with Crippen LogP contribution in [0.4, 0.5) is 0 Å². The van der Waals surface area contributed by atoms with Gasteiger partial charge in [0.15, 0.2) is 0 Å². The molecule has 2 heterocycles. The van der Waals surface area contributed by atoms with Crippen LogP contribution in [0.3, 0.4) is 0 Å². The summed E-state index contributed by atoms with van der Waals surface area (Å²) >= 11 is 2.22. The molecule has 0 radical (unpaired) electrons. The van der Waals surface area contributed by atoms with Crippen molar-refractivity contribution < 1.29 is 21.2 Å². The minimum absolute atomic E-state index is 0.159. The van der Waals surface area contributed by atoms with E-state index in [2.05, 4.69) is 81.2 Å². The normalized spacial score (nSPS) is 11.7. The molecule has 20 heavy (non-hydrogen) atoms. The topological polar surface area (TPSA) is 31.6 Å². The molecule has 0 aliphatic carbocycles. The third-order valence-electron chi connectivity index (χ3n) is 3.32. The Hall–Kier alpha value is -1.02. The number of aromatic nitrogens is 2. The van der Waals surface area contributed by atoms with Gasteiger partial charge in [0.2, 0.25) is 0 Å². The molecule has 4 aromatic rings. The van der Waals surface area contributed by atoms with Crippen LogP contribution in [-0.4, -0.2) is 9.97 Å². The number of fused-ring (bicyclic) bond motifs is 2. The molecule has 0 spiro atoms. The van der Waals surface area contributed by atoms with Crippen molar-refractivity contribution in [3.63, 3.8) is 0 Å². The molecule has 0 fully saturated rings. The first-order chi connectivity index (χ1) is 9.79. The van der Waals surface area contributed by atoms with Crippen molar-refractivity contribution in [3.05, 3.63) is 65.6 Å². The summed E-state index contributed by atoms with van der Waals surface area (Å²) in [7, 11) is 0. The molecule has 0 atom stereocenters. The monoisotopic (exact) mass is 485 g/mol. The fourth-order valence-corrected chi connectivity index (χ4v) is 5.37. The Morgan fingerprint density at radius 3 is 2.80 bits per heavy atom. The summed E-state index contributed by atoms with van der Waals surface area (Å²) in [4.78, 5) is 6.68. The molecule has 2 aromatic carbocycles. The minimum atomic E-state index is -0.159. The first-order valence-corrected chi connectivity index (χ1v) is 9.52. The van der Waals surface area contributed by atoms with Crippen LogP contribution in [0.15, 0.2) is 54.9 Å². The predicted molar refractivity (Wildman–Crippen MR) is 86.7 cm³/mol. The van der Waals surface area contributed by atoms with E-state index < -0.39 is 0 Å². The molecule has 0 aliphatic rings. The van der Waals surface area contributed by atoms with Crippen LogP contribution in [0.25, 0.3) is 21.8 Å². The van der Waals surface area contributed by atoms with Crippen molar-refractivity contribution in [2.24, 2.45) is 0 Å². The maximum atomic E-state index is 3.38. The van der Waals surface area contributed by atoms with Gasteiger partial charge in [0.05, 0.1) is 0 Å². The maximum absolute atomic E-state index is 3.38. The second-order valence-corrected chi connectivity index (χ2v) is 8.82. The Morgan fingerprint density at radius 1 is 0.900 bits per heavy atom. The van der Waals surface area contributed by atoms with E-state index in [0.29, 0.717) is 0 Å². The van der Waals surface area contributed by atoms with Crippen molar-refractivity contribution in [1.29, 1.82) is 0 Å². The van der Waals surface area contributed by atoms with Gasteiger partial charge in [-0.3, -0.25) is 0 Å². The fraction of sp³-hybridized carbons (Fsp3) is 0. The van der Waals surface area contributed by atoms with Gasteiger partial charge in [-0.05, 0) is 0 Å². The summed E-state index contributed by atoms with van der Waals surface area (Å²) in [5.41, 5.74) is 2.47. The van der Waals surface area contributed by atoms with Gasteiger partial charge in [-0.1, -0.05) is 0 Å². The van der Waals surface area contributed by atoms with E-state index in [1.165, 1.54) is 32.5 Å². The summed E-state index contributed by atoms with van der Waals surface area (Å²) in [6.45, 7) is 0. The second-order valence-electron chi connectivity index (χ2n) is 4.63. The van der Waals surface area contributed by atoms with E-state index >= 15 is 0 Å². The van der Waals surface area contributed by atoms with Crippen molar-refractivity contribution >= 4 is 44.4 Å². The summed E-state index contributed by atoms with van der Waals surface area (Å²) in [5, 5.41) is 2.66. The molecule has 0 aliphatic heterocycles. The first-order valence-electron chi connectivity index (χ1n) is 6.28. The number of H-pyrrole nitrogens is 2.